The van der Waals surface area contributed by atoms with Gasteiger partial charge in [-0.25, -0.2) is 0 Å². The largest absolute Gasteiger partial charge is 0.497 e. The highest BCUT2D eigenvalue weighted by Crippen LogP contribution is 2.35. The molecule has 0 N–H and O–H groups in total. The second-order valence-corrected chi connectivity index (χ2v) is 10.5. The fourth-order valence-corrected chi connectivity index (χ4v) is 5.77. The summed E-state index contributed by atoms with van der Waals surface area (Å²) >= 11 is 0. The third-order valence-corrected chi connectivity index (χ3v) is 7.75. The quantitative estimate of drug-likeness (QED) is 0.551. The number of benzene rings is 2. The molecule has 2 aliphatic heterocycles. The number of hydrogen-bond donors (Lipinski definition) is 0. The van der Waals surface area contributed by atoms with Crippen molar-refractivity contribution in [3.05, 3.63) is 65.2 Å². The zero-order valence-electron chi connectivity index (χ0n) is 21.3. The Morgan fingerprint density at radius 2 is 1.58 bits per heavy atom. The lowest BCUT2D eigenvalue weighted by molar-refractivity contribution is 0.00695. The van der Waals surface area contributed by atoms with Crippen molar-refractivity contribution in [3.63, 3.8) is 0 Å². The molecule has 1 unspecified atom stereocenters. The lowest BCUT2D eigenvalue weighted by Crippen LogP contribution is -2.55. The zero-order valence-corrected chi connectivity index (χ0v) is 21.3. The number of likely N-dealkylation sites (tertiary alicyclic amines) is 1. The first kappa shape index (κ1) is 24.3. The summed E-state index contributed by atoms with van der Waals surface area (Å²) < 4.78 is 5.35. The summed E-state index contributed by atoms with van der Waals surface area (Å²) in [5.74, 6) is 1.47. The summed E-state index contributed by atoms with van der Waals surface area (Å²) in [4.78, 5) is 8.17. The van der Waals surface area contributed by atoms with Crippen LogP contribution in [0.4, 0.5) is 0 Å². The molecule has 0 saturated carbocycles. The van der Waals surface area contributed by atoms with E-state index in [0.717, 1.165) is 31.9 Å². The number of piperazine rings is 1. The van der Waals surface area contributed by atoms with E-state index in [4.69, 9.17) is 4.74 Å². The molecule has 33 heavy (non-hydrogen) atoms. The van der Waals surface area contributed by atoms with E-state index in [9.17, 15) is 0 Å². The van der Waals surface area contributed by atoms with Gasteiger partial charge < -0.3 is 9.64 Å². The van der Waals surface area contributed by atoms with Gasteiger partial charge in [-0.15, -0.1) is 0 Å². The molecule has 180 valence electrons. The molecule has 2 aliphatic rings. The summed E-state index contributed by atoms with van der Waals surface area (Å²) in [6, 6.07) is 19.6. The van der Waals surface area contributed by atoms with Crippen molar-refractivity contribution < 1.29 is 4.74 Å². The van der Waals surface area contributed by atoms with E-state index < -0.39 is 0 Å². The highest BCUT2D eigenvalue weighted by atomic mass is 16.5. The first-order valence-corrected chi connectivity index (χ1v) is 12.9. The smallest absolute Gasteiger partial charge is 0.118 e. The van der Waals surface area contributed by atoms with Crippen LogP contribution in [-0.2, 0) is 6.54 Å². The van der Waals surface area contributed by atoms with Gasteiger partial charge in [0, 0.05) is 44.3 Å². The van der Waals surface area contributed by atoms with E-state index in [0.29, 0.717) is 24.0 Å². The van der Waals surface area contributed by atoms with E-state index in [1.807, 2.05) is 0 Å². The molecule has 0 aliphatic carbocycles. The molecule has 0 radical (unpaired) electrons. The predicted octanol–water partition coefficient (Wildman–Crippen LogP) is 5.55. The lowest BCUT2D eigenvalue weighted by Gasteiger charge is -2.48. The molecular formula is C29H43N3O. The Kier molecular flexibility index (Phi) is 8.11. The standard InChI is InChI=1S/C29H43N3O/c1-22(2)27-8-6-7-9-28(27)29-21-30(20-24-10-12-26(33-5)13-11-24)18-19-32(29)25-14-16-31(17-15-25)23(3)4/h6-13,22-23,25,29H,14-21H2,1-5H3. The van der Waals surface area contributed by atoms with Crippen LogP contribution in [0.3, 0.4) is 0 Å². The SMILES string of the molecule is COc1ccc(CN2CCN(C3CCN(C(C)C)CC3)C(c3ccccc3C(C)C)C2)cc1. The Bertz CT molecular complexity index is 871. The third kappa shape index (κ3) is 5.79. The summed E-state index contributed by atoms with van der Waals surface area (Å²) in [5.41, 5.74) is 4.42. The Morgan fingerprint density at radius 1 is 0.879 bits per heavy atom. The first-order valence-electron chi connectivity index (χ1n) is 12.9. The molecule has 0 bridgehead atoms. The molecule has 2 aromatic carbocycles. The number of methoxy groups -OCH3 is 1. The average molecular weight is 450 g/mol. The topological polar surface area (TPSA) is 19.0 Å². The van der Waals surface area contributed by atoms with Gasteiger partial charge >= 0.3 is 0 Å². The minimum Gasteiger partial charge on any atom is -0.497 e. The molecule has 1 atom stereocenters. The van der Waals surface area contributed by atoms with Crippen molar-refractivity contribution in [3.8, 4) is 5.75 Å². The first-order chi connectivity index (χ1) is 16.0. The third-order valence-electron chi connectivity index (χ3n) is 7.75. The van der Waals surface area contributed by atoms with Crippen LogP contribution < -0.4 is 4.74 Å². The number of piperidine rings is 1. The summed E-state index contributed by atoms with van der Waals surface area (Å²) in [6.07, 6.45) is 2.58. The zero-order chi connectivity index (χ0) is 23.4. The van der Waals surface area contributed by atoms with E-state index >= 15 is 0 Å². The Labute approximate surface area is 201 Å². The van der Waals surface area contributed by atoms with Gasteiger partial charge in [-0.2, -0.15) is 0 Å². The molecule has 4 nitrogen and oxygen atoms in total. The van der Waals surface area contributed by atoms with Crippen LogP contribution in [0.15, 0.2) is 48.5 Å². The second-order valence-electron chi connectivity index (χ2n) is 10.5. The van der Waals surface area contributed by atoms with Gasteiger partial charge in [-0.3, -0.25) is 9.80 Å². The lowest BCUT2D eigenvalue weighted by atomic mass is 9.88. The van der Waals surface area contributed by atoms with E-state index in [1.165, 1.54) is 37.1 Å². The summed E-state index contributed by atoms with van der Waals surface area (Å²) in [6.45, 7) is 16.2. The number of ether oxygens (including phenoxy) is 1. The highest BCUT2D eigenvalue weighted by molar-refractivity contribution is 5.33. The van der Waals surface area contributed by atoms with Gasteiger partial charge in [0.15, 0.2) is 0 Å². The molecular weight excluding hydrogens is 406 g/mol. The molecule has 2 fully saturated rings. The van der Waals surface area contributed by atoms with Crippen LogP contribution >= 0.6 is 0 Å². The van der Waals surface area contributed by atoms with E-state index in [2.05, 4.69) is 90.9 Å². The van der Waals surface area contributed by atoms with Crippen molar-refractivity contribution in [2.24, 2.45) is 0 Å². The normalized spacial score (nSPS) is 21.7. The van der Waals surface area contributed by atoms with Gasteiger partial charge in [0.25, 0.3) is 0 Å². The maximum absolute atomic E-state index is 5.35. The van der Waals surface area contributed by atoms with Crippen molar-refractivity contribution in [1.82, 2.24) is 14.7 Å². The molecule has 2 heterocycles. The molecule has 2 saturated heterocycles. The molecule has 0 amide bonds. The molecule has 0 aromatic heterocycles. The number of rotatable bonds is 7. The highest BCUT2D eigenvalue weighted by Gasteiger charge is 2.36. The van der Waals surface area contributed by atoms with Gasteiger partial charge in [0.1, 0.15) is 5.75 Å². The molecule has 0 spiro atoms. The van der Waals surface area contributed by atoms with Crippen LogP contribution in [0.5, 0.6) is 5.75 Å². The van der Waals surface area contributed by atoms with Crippen LogP contribution in [0.1, 0.15) is 69.2 Å². The van der Waals surface area contributed by atoms with Crippen LogP contribution in [-0.4, -0.2) is 66.6 Å². The maximum Gasteiger partial charge on any atom is 0.118 e. The maximum atomic E-state index is 5.35. The summed E-state index contributed by atoms with van der Waals surface area (Å²) in [7, 11) is 1.73. The van der Waals surface area contributed by atoms with Crippen LogP contribution in [0.2, 0.25) is 0 Å². The fraction of sp³-hybridized carbons (Fsp3) is 0.586. The Hall–Kier alpha value is -1.88. The Morgan fingerprint density at radius 3 is 2.21 bits per heavy atom. The second kappa shape index (κ2) is 11.0. The monoisotopic (exact) mass is 449 g/mol. The van der Waals surface area contributed by atoms with E-state index in [1.54, 1.807) is 12.7 Å². The van der Waals surface area contributed by atoms with Crippen molar-refractivity contribution in [2.75, 3.05) is 39.8 Å². The van der Waals surface area contributed by atoms with Crippen LogP contribution in [0, 0.1) is 0 Å². The minimum absolute atomic E-state index is 0.464. The van der Waals surface area contributed by atoms with Crippen molar-refractivity contribution >= 4 is 0 Å². The van der Waals surface area contributed by atoms with E-state index in [-0.39, 0.29) is 0 Å². The predicted molar refractivity (Wildman–Crippen MR) is 138 cm³/mol. The number of hydrogen-bond acceptors (Lipinski definition) is 4. The molecule has 4 rings (SSSR count). The van der Waals surface area contributed by atoms with Gasteiger partial charge in [-0.1, -0.05) is 50.2 Å². The molecule has 4 heteroatoms. The van der Waals surface area contributed by atoms with Gasteiger partial charge in [-0.05, 0) is 74.5 Å². The summed E-state index contributed by atoms with van der Waals surface area (Å²) in [5, 5.41) is 0. The fourth-order valence-electron chi connectivity index (χ4n) is 5.77. The Balaban J connectivity index is 1.54. The number of nitrogens with zero attached hydrogens (tertiary/aromatic N) is 3. The minimum atomic E-state index is 0.464. The average Bonchev–Trinajstić information content (AvgIpc) is 2.84. The van der Waals surface area contributed by atoms with Gasteiger partial charge in [0.05, 0.1) is 7.11 Å². The van der Waals surface area contributed by atoms with Crippen molar-refractivity contribution in [2.45, 2.75) is 71.1 Å². The van der Waals surface area contributed by atoms with Gasteiger partial charge in [0.2, 0.25) is 0 Å². The van der Waals surface area contributed by atoms with Crippen molar-refractivity contribution in [1.29, 1.82) is 0 Å². The van der Waals surface area contributed by atoms with Crippen LogP contribution in [0.25, 0.3) is 0 Å². The molecule has 2 aromatic rings.